The van der Waals surface area contributed by atoms with E-state index < -0.39 is 0 Å². The van der Waals surface area contributed by atoms with Gasteiger partial charge in [0.05, 0.1) is 16.6 Å². The Labute approximate surface area is 156 Å². The van der Waals surface area contributed by atoms with Gasteiger partial charge < -0.3 is 13.9 Å². The van der Waals surface area contributed by atoms with Crippen molar-refractivity contribution >= 4 is 17.0 Å². The Morgan fingerprint density at radius 2 is 1.89 bits per heavy atom. The highest BCUT2D eigenvalue weighted by molar-refractivity contribution is 6.06. The molecule has 1 aliphatic rings. The van der Waals surface area contributed by atoms with Gasteiger partial charge in [0.2, 0.25) is 5.89 Å². The van der Waals surface area contributed by atoms with E-state index in [1.54, 1.807) is 0 Å². The summed E-state index contributed by atoms with van der Waals surface area (Å²) in [5, 5.41) is 8.71. The molecule has 1 aliphatic heterocycles. The average molecular weight is 369 g/mol. The highest BCUT2D eigenvalue weighted by Crippen LogP contribution is 2.30. The standard InChI is InChI=1S/C19H23N5O3/c1-10(2)16-21-17(26-23-16)13-5-7-24(8-6-13)19(25)14-9-11(3)20-18-15(14)12(4)22-27-18/h9-10,13H,5-8H2,1-4H3. The third-order valence-corrected chi connectivity index (χ3v) is 5.08. The Balaban J connectivity index is 1.51. The summed E-state index contributed by atoms with van der Waals surface area (Å²) < 4.78 is 10.7. The van der Waals surface area contributed by atoms with Crippen LogP contribution in [-0.4, -0.2) is 44.2 Å². The number of piperidine rings is 1. The molecule has 1 fully saturated rings. The predicted molar refractivity (Wildman–Crippen MR) is 97.5 cm³/mol. The lowest BCUT2D eigenvalue weighted by Crippen LogP contribution is -2.38. The lowest BCUT2D eigenvalue weighted by Gasteiger charge is -2.30. The maximum Gasteiger partial charge on any atom is 0.258 e. The smallest absolute Gasteiger partial charge is 0.258 e. The van der Waals surface area contributed by atoms with Crippen molar-refractivity contribution in [3.63, 3.8) is 0 Å². The largest absolute Gasteiger partial charge is 0.339 e. The van der Waals surface area contributed by atoms with Gasteiger partial charge in [0.15, 0.2) is 5.82 Å². The van der Waals surface area contributed by atoms with Gasteiger partial charge >= 0.3 is 0 Å². The van der Waals surface area contributed by atoms with Crippen LogP contribution in [0.25, 0.3) is 11.1 Å². The number of hydrogen-bond acceptors (Lipinski definition) is 7. The Hall–Kier alpha value is -2.77. The minimum absolute atomic E-state index is 0.0105. The van der Waals surface area contributed by atoms with Crippen LogP contribution in [-0.2, 0) is 0 Å². The summed E-state index contributed by atoms with van der Waals surface area (Å²) in [6.07, 6.45) is 1.61. The van der Waals surface area contributed by atoms with E-state index in [9.17, 15) is 4.79 Å². The lowest BCUT2D eigenvalue weighted by molar-refractivity contribution is 0.0706. The molecule has 0 aliphatic carbocycles. The van der Waals surface area contributed by atoms with Gasteiger partial charge in [-0.25, -0.2) is 4.98 Å². The Morgan fingerprint density at radius 3 is 2.56 bits per heavy atom. The molecule has 0 spiro atoms. The summed E-state index contributed by atoms with van der Waals surface area (Å²) in [6.45, 7) is 9.06. The van der Waals surface area contributed by atoms with Crippen molar-refractivity contribution in [2.45, 2.75) is 52.4 Å². The summed E-state index contributed by atoms with van der Waals surface area (Å²) >= 11 is 0. The molecule has 0 radical (unpaired) electrons. The quantitative estimate of drug-likeness (QED) is 0.698. The van der Waals surface area contributed by atoms with Gasteiger partial charge in [-0.2, -0.15) is 4.98 Å². The fourth-order valence-electron chi connectivity index (χ4n) is 3.53. The first kappa shape index (κ1) is 17.6. The van der Waals surface area contributed by atoms with E-state index in [1.807, 2.05) is 38.7 Å². The number of hydrogen-bond donors (Lipinski definition) is 0. The zero-order valence-electron chi connectivity index (χ0n) is 16.0. The van der Waals surface area contributed by atoms with Crippen LogP contribution in [0.5, 0.6) is 0 Å². The fourth-order valence-corrected chi connectivity index (χ4v) is 3.53. The van der Waals surface area contributed by atoms with Gasteiger partial charge in [0.1, 0.15) is 0 Å². The van der Waals surface area contributed by atoms with Gasteiger partial charge in [-0.05, 0) is 32.8 Å². The summed E-state index contributed by atoms with van der Waals surface area (Å²) in [5.41, 5.74) is 2.44. The minimum Gasteiger partial charge on any atom is -0.339 e. The number of carbonyl (C=O) groups excluding carboxylic acids is 1. The predicted octanol–water partition coefficient (Wildman–Crippen LogP) is 3.37. The van der Waals surface area contributed by atoms with Crippen molar-refractivity contribution in [1.29, 1.82) is 0 Å². The summed E-state index contributed by atoms with van der Waals surface area (Å²) in [7, 11) is 0. The monoisotopic (exact) mass is 369 g/mol. The van der Waals surface area contributed by atoms with Gasteiger partial charge in [0.25, 0.3) is 11.6 Å². The summed E-state index contributed by atoms with van der Waals surface area (Å²) in [4.78, 5) is 23.8. The summed E-state index contributed by atoms with van der Waals surface area (Å²) in [6, 6.07) is 1.81. The second-order valence-electron chi connectivity index (χ2n) is 7.47. The van der Waals surface area contributed by atoms with E-state index in [4.69, 9.17) is 9.05 Å². The molecule has 1 amide bonds. The molecule has 3 aromatic rings. The van der Waals surface area contributed by atoms with Crippen molar-refractivity contribution in [2.75, 3.05) is 13.1 Å². The number of nitrogens with zero attached hydrogens (tertiary/aromatic N) is 5. The van der Waals surface area contributed by atoms with Crippen LogP contribution in [0.3, 0.4) is 0 Å². The molecule has 0 saturated carbocycles. The number of aryl methyl sites for hydroxylation is 2. The van der Waals surface area contributed by atoms with E-state index >= 15 is 0 Å². The molecular weight excluding hydrogens is 346 g/mol. The molecule has 8 heteroatoms. The first-order valence-electron chi connectivity index (χ1n) is 9.30. The first-order chi connectivity index (χ1) is 12.9. The van der Waals surface area contributed by atoms with Crippen molar-refractivity contribution in [3.05, 3.63) is 34.7 Å². The van der Waals surface area contributed by atoms with Crippen molar-refractivity contribution in [2.24, 2.45) is 0 Å². The van der Waals surface area contributed by atoms with E-state index in [1.165, 1.54) is 0 Å². The number of pyridine rings is 1. The summed E-state index contributed by atoms with van der Waals surface area (Å²) in [5.74, 6) is 1.85. The molecule has 0 atom stereocenters. The van der Waals surface area contributed by atoms with Crippen LogP contribution >= 0.6 is 0 Å². The first-order valence-corrected chi connectivity index (χ1v) is 9.30. The van der Waals surface area contributed by atoms with Gasteiger partial charge in [0, 0.05) is 30.6 Å². The van der Waals surface area contributed by atoms with E-state index in [0.29, 0.717) is 41.3 Å². The maximum absolute atomic E-state index is 13.1. The SMILES string of the molecule is Cc1cc(C(=O)N2CCC(c3nc(C(C)C)no3)CC2)c2c(C)noc2n1. The van der Waals surface area contributed by atoms with Crippen LogP contribution < -0.4 is 0 Å². The minimum atomic E-state index is -0.0105. The van der Waals surface area contributed by atoms with Crippen LogP contribution in [0.4, 0.5) is 0 Å². The Morgan fingerprint density at radius 1 is 1.15 bits per heavy atom. The molecule has 8 nitrogen and oxygen atoms in total. The van der Waals surface area contributed by atoms with Crippen molar-refractivity contribution in [3.8, 4) is 0 Å². The van der Waals surface area contributed by atoms with Gasteiger partial charge in [-0.15, -0.1) is 0 Å². The Kier molecular flexibility index (Phi) is 4.41. The molecule has 0 aromatic carbocycles. The van der Waals surface area contributed by atoms with Crippen molar-refractivity contribution < 1.29 is 13.8 Å². The van der Waals surface area contributed by atoms with Crippen LogP contribution in [0.15, 0.2) is 15.1 Å². The molecule has 0 bridgehead atoms. The molecule has 142 valence electrons. The van der Waals surface area contributed by atoms with E-state index in [-0.39, 0.29) is 17.7 Å². The van der Waals surface area contributed by atoms with Gasteiger partial charge in [-0.1, -0.05) is 24.2 Å². The number of likely N-dealkylation sites (tertiary alicyclic amines) is 1. The van der Waals surface area contributed by atoms with E-state index in [0.717, 1.165) is 24.4 Å². The highest BCUT2D eigenvalue weighted by atomic mass is 16.5. The molecule has 27 heavy (non-hydrogen) atoms. The number of aromatic nitrogens is 4. The van der Waals surface area contributed by atoms with Crippen molar-refractivity contribution in [1.82, 2.24) is 25.2 Å². The molecule has 1 saturated heterocycles. The third kappa shape index (κ3) is 3.20. The topological polar surface area (TPSA) is 98.2 Å². The normalized spacial score (nSPS) is 15.8. The Bertz CT molecular complexity index is 983. The van der Waals surface area contributed by atoms with E-state index in [2.05, 4.69) is 20.3 Å². The third-order valence-electron chi connectivity index (χ3n) is 5.08. The number of fused-ring (bicyclic) bond motifs is 1. The second-order valence-corrected chi connectivity index (χ2v) is 7.47. The highest BCUT2D eigenvalue weighted by Gasteiger charge is 2.30. The maximum atomic E-state index is 13.1. The lowest BCUT2D eigenvalue weighted by atomic mass is 9.96. The molecule has 3 aromatic heterocycles. The number of rotatable bonds is 3. The molecule has 4 heterocycles. The molecular formula is C19H23N5O3. The van der Waals surface area contributed by atoms with Crippen LogP contribution in [0, 0.1) is 13.8 Å². The van der Waals surface area contributed by atoms with Gasteiger partial charge in [-0.3, -0.25) is 4.79 Å². The number of amides is 1. The fraction of sp³-hybridized carbons (Fsp3) is 0.526. The average Bonchev–Trinajstić information content (AvgIpc) is 3.28. The molecule has 4 rings (SSSR count). The number of carbonyl (C=O) groups is 1. The second kappa shape index (κ2) is 6.75. The van der Waals surface area contributed by atoms with Crippen LogP contribution in [0.2, 0.25) is 0 Å². The zero-order chi connectivity index (χ0) is 19.1. The van der Waals surface area contributed by atoms with Crippen LogP contribution in [0.1, 0.15) is 72.0 Å². The molecule has 0 N–H and O–H groups in total. The zero-order valence-corrected chi connectivity index (χ0v) is 16.0. The molecule has 0 unspecified atom stereocenters.